The Morgan fingerprint density at radius 2 is 2.14 bits per heavy atom. The highest BCUT2D eigenvalue weighted by atomic mass is 16.3. The molecule has 5 nitrogen and oxygen atoms in total. The van der Waals surface area contributed by atoms with Gasteiger partial charge in [-0.25, -0.2) is 4.98 Å². The van der Waals surface area contributed by atoms with Crippen LogP contribution in [0.2, 0.25) is 0 Å². The fourth-order valence-electron chi connectivity index (χ4n) is 0.849. The van der Waals surface area contributed by atoms with Crippen molar-refractivity contribution in [3.05, 3.63) is 12.4 Å². The van der Waals surface area contributed by atoms with Gasteiger partial charge in [-0.15, -0.1) is 0 Å². The lowest BCUT2D eigenvalue weighted by atomic mass is 10.0. The predicted molar refractivity (Wildman–Crippen MR) is 55.8 cm³/mol. The van der Waals surface area contributed by atoms with Gasteiger partial charge < -0.3 is 16.2 Å². The molecule has 0 aromatic carbocycles. The molecule has 1 unspecified atom stereocenters. The molecule has 0 bridgehead atoms. The van der Waals surface area contributed by atoms with E-state index in [-0.39, 0.29) is 6.04 Å². The number of anilines is 2. The Bertz CT molecular complexity index is 308. The minimum atomic E-state index is -0.813. The molecule has 1 atom stereocenters. The summed E-state index contributed by atoms with van der Waals surface area (Å²) < 4.78 is 0. The number of aliphatic hydroxyl groups is 1. The van der Waals surface area contributed by atoms with Crippen LogP contribution < -0.4 is 11.1 Å². The van der Waals surface area contributed by atoms with Gasteiger partial charge >= 0.3 is 0 Å². The summed E-state index contributed by atoms with van der Waals surface area (Å²) >= 11 is 0. The second kappa shape index (κ2) is 3.79. The van der Waals surface area contributed by atoms with Crippen LogP contribution in [0.25, 0.3) is 0 Å². The number of nitrogens with two attached hydrogens (primary N) is 1. The average molecular weight is 196 g/mol. The van der Waals surface area contributed by atoms with Gasteiger partial charge in [-0.05, 0) is 20.8 Å². The number of hydrogen-bond donors (Lipinski definition) is 3. The van der Waals surface area contributed by atoms with Gasteiger partial charge in [0, 0.05) is 0 Å². The van der Waals surface area contributed by atoms with Crippen LogP contribution in [0.4, 0.5) is 11.6 Å². The molecule has 0 saturated heterocycles. The summed E-state index contributed by atoms with van der Waals surface area (Å²) in [5, 5.41) is 12.7. The summed E-state index contributed by atoms with van der Waals surface area (Å²) in [6.07, 6.45) is 3.04. The van der Waals surface area contributed by atoms with E-state index < -0.39 is 5.60 Å². The van der Waals surface area contributed by atoms with Crippen LogP contribution in [0.15, 0.2) is 12.4 Å². The van der Waals surface area contributed by atoms with Gasteiger partial charge in [0.2, 0.25) is 0 Å². The zero-order valence-corrected chi connectivity index (χ0v) is 8.65. The maximum absolute atomic E-state index is 9.67. The molecule has 14 heavy (non-hydrogen) atoms. The van der Waals surface area contributed by atoms with Crippen molar-refractivity contribution in [2.24, 2.45) is 0 Å². The van der Waals surface area contributed by atoms with Gasteiger partial charge in [0.25, 0.3) is 0 Å². The van der Waals surface area contributed by atoms with E-state index in [0.717, 1.165) is 0 Å². The van der Waals surface area contributed by atoms with Crippen molar-refractivity contribution in [1.29, 1.82) is 0 Å². The Morgan fingerprint density at radius 3 is 2.64 bits per heavy atom. The third kappa shape index (κ3) is 2.85. The molecule has 1 heterocycles. The van der Waals surface area contributed by atoms with Crippen LogP contribution in [0.3, 0.4) is 0 Å². The summed E-state index contributed by atoms with van der Waals surface area (Å²) in [6.45, 7) is 5.32. The molecule has 4 N–H and O–H groups in total. The van der Waals surface area contributed by atoms with Crippen molar-refractivity contribution in [3.63, 3.8) is 0 Å². The minimum absolute atomic E-state index is 0.126. The number of aromatic nitrogens is 2. The number of nitrogens with one attached hydrogen (secondary N) is 1. The lowest BCUT2D eigenvalue weighted by Crippen LogP contribution is -2.39. The third-order valence-electron chi connectivity index (χ3n) is 2.08. The Balaban J connectivity index is 2.70. The van der Waals surface area contributed by atoms with Gasteiger partial charge in [0.15, 0.2) is 0 Å². The molecule has 1 aromatic rings. The normalized spacial score (nSPS) is 13.7. The molecule has 0 aliphatic heterocycles. The topological polar surface area (TPSA) is 84.1 Å². The van der Waals surface area contributed by atoms with E-state index in [1.807, 2.05) is 6.92 Å². The number of nitrogens with zero attached hydrogens (tertiary/aromatic N) is 2. The average Bonchev–Trinajstić information content (AvgIpc) is 2.02. The quantitative estimate of drug-likeness (QED) is 0.660. The summed E-state index contributed by atoms with van der Waals surface area (Å²) in [5.74, 6) is 0.928. The van der Waals surface area contributed by atoms with Crippen LogP contribution >= 0.6 is 0 Å². The van der Waals surface area contributed by atoms with Gasteiger partial charge in [-0.1, -0.05) is 0 Å². The lowest BCUT2D eigenvalue weighted by molar-refractivity contribution is 0.0648. The molecule has 1 aromatic heterocycles. The van der Waals surface area contributed by atoms with Crippen LogP contribution in [-0.4, -0.2) is 26.7 Å². The molecule has 0 radical (unpaired) electrons. The molecular formula is C9H16N4O. The highest BCUT2D eigenvalue weighted by Gasteiger charge is 2.22. The van der Waals surface area contributed by atoms with Crippen LogP contribution in [0.1, 0.15) is 20.8 Å². The standard InChI is InChI=1S/C9H16N4O/c1-6(9(2,3)14)12-8-5-11-4-7(10)13-8/h4-6,14H,1-3H3,(H3,10,12,13). The van der Waals surface area contributed by atoms with Crippen molar-refractivity contribution in [2.75, 3.05) is 11.1 Å². The van der Waals surface area contributed by atoms with Gasteiger partial charge in [-0.3, -0.25) is 4.98 Å². The summed E-state index contributed by atoms with van der Waals surface area (Å²) in [7, 11) is 0. The SMILES string of the molecule is CC(Nc1cncc(N)n1)C(C)(C)O. The predicted octanol–water partition coefficient (Wildman–Crippen LogP) is 0.630. The van der Waals surface area contributed by atoms with Crippen LogP contribution in [0, 0.1) is 0 Å². The van der Waals surface area contributed by atoms with E-state index in [2.05, 4.69) is 15.3 Å². The van der Waals surface area contributed by atoms with Gasteiger partial charge in [0.1, 0.15) is 11.6 Å². The van der Waals surface area contributed by atoms with E-state index in [1.54, 1.807) is 20.0 Å². The van der Waals surface area contributed by atoms with Gasteiger partial charge in [-0.2, -0.15) is 0 Å². The highest BCUT2D eigenvalue weighted by molar-refractivity contribution is 5.39. The first-order chi connectivity index (χ1) is 6.39. The van der Waals surface area contributed by atoms with Crippen molar-refractivity contribution in [2.45, 2.75) is 32.4 Å². The maximum Gasteiger partial charge on any atom is 0.147 e. The molecule has 0 spiro atoms. The second-order valence-electron chi connectivity index (χ2n) is 3.85. The zero-order chi connectivity index (χ0) is 10.8. The summed E-state index contributed by atoms with van der Waals surface area (Å²) in [5.41, 5.74) is 4.65. The molecule has 1 rings (SSSR count). The smallest absolute Gasteiger partial charge is 0.147 e. The highest BCUT2D eigenvalue weighted by Crippen LogP contribution is 2.13. The largest absolute Gasteiger partial charge is 0.388 e. The Morgan fingerprint density at radius 1 is 1.50 bits per heavy atom. The first kappa shape index (κ1) is 10.7. The lowest BCUT2D eigenvalue weighted by Gasteiger charge is -2.26. The molecular weight excluding hydrogens is 180 g/mol. The minimum Gasteiger partial charge on any atom is -0.388 e. The fraction of sp³-hybridized carbons (Fsp3) is 0.556. The Labute approximate surface area is 83.4 Å². The Kier molecular flexibility index (Phi) is 2.90. The molecule has 5 heteroatoms. The van der Waals surface area contributed by atoms with E-state index in [9.17, 15) is 5.11 Å². The first-order valence-corrected chi connectivity index (χ1v) is 4.46. The molecule has 0 aliphatic rings. The van der Waals surface area contributed by atoms with Gasteiger partial charge in [0.05, 0.1) is 24.0 Å². The summed E-state index contributed by atoms with van der Waals surface area (Å²) in [6, 6.07) is -0.126. The van der Waals surface area contributed by atoms with E-state index in [1.165, 1.54) is 6.20 Å². The number of nitrogen functional groups attached to an aromatic ring is 1. The zero-order valence-electron chi connectivity index (χ0n) is 8.65. The van der Waals surface area contributed by atoms with Crippen molar-refractivity contribution >= 4 is 11.6 Å². The summed E-state index contributed by atoms with van der Waals surface area (Å²) in [4.78, 5) is 7.91. The van der Waals surface area contributed by atoms with E-state index in [0.29, 0.717) is 11.6 Å². The molecule has 0 saturated carbocycles. The van der Waals surface area contributed by atoms with E-state index >= 15 is 0 Å². The number of rotatable bonds is 3. The van der Waals surface area contributed by atoms with Crippen LogP contribution in [-0.2, 0) is 0 Å². The molecule has 78 valence electrons. The molecule has 0 fully saturated rings. The first-order valence-electron chi connectivity index (χ1n) is 4.46. The fourth-order valence-corrected chi connectivity index (χ4v) is 0.849. The monoisotopic (exact) mass is 196 g/mol. The third-order valence-corrected chi connectivity index (χ3v) is 2.08. The van der Waals surface area contributed by atoms with E-state index in [4.69, 9.17) is 5.73 Å². The maximum atomic E-state index is 9.67. The van der Waals surface area contributed by atoms with Crippen molar-refractivity contribution in [1.82, 2.24) is 9.97 Å². The second-order valence-corrected chi connectivity index (χ2v) is 3.85. The molecule has 0 aliphatic carbocycles. The van der Waals surface area contributed by atoms with Crippen LogP contribution in [0.5, 0.6) is 0 Å². The van der Waals surface area contributed by atoms with Crippen molar-refractivity contribution in [3.8, 4) is 0 Å². The number of hydrogen-bond acceptors (Lipinski definition) is 5. The molecule has 0 amide bonds. The van der Waals surface area contributed by atoms with Crippen molar-refractivity contribution < 1.29 is 5.11 Å². The Hall–Kier alpha value is -1.36.